The predicted octanol–water partition coefficient (Wildman–Crippen LogP) is -0.353. The van der Waals surface area contributed by atoms with Crippen molar-refractivity contribution in [1.82, 2.24) is 10.4 Å². The first-order chi connectivity index (χ1) is 4.74. The molecule has 10 heavy (non-hydrogen) atoms. The minimum Gasteiger partial charge on any atom is -0.452 e. The molecule has 0 atom stereocenters. The van der Waals surface area contributed by atoms with Crippen LogP contribution < -0.4 is 5.43 Å². The van der Waals surface area contributed by atoms with Gasteiger partial charge in [0.25, 0.3) is 0 Å². The molecule has 0 aliphatic carbocycles. The highest BCUT2D eigenvalue weighted by molar-refractivity contribution is 5.68. The number of ether oxygens (including phenoxy) is 1. The highest BCUT2D eigenvalue weighted by Gasteiger charge is 2.03. The quantitative estimate of drug-likeness (QED) is 0.436. The van der Waals surface area contributed by atoms with E-state index in [1.54, 1.807) is 6.92 Å². The van der Waals surface area contributed by atoms with Gasteiger partial charge in [0.2, 0.25) is 0 Å². The third-order valence-corrected chi connectivity index (χ3v) is 0.838. The zero-order valence-corrected chi connectivity index (χ0v) is 5.88. The summed E-state index contributed by atoms with van der Waals surface area (Å²) in [6, 6.07) is 0. The van der Waals surface area contributed by atoms with Gasteiger partial charge in [-0.05, 0) is 6.92 Å². The Morgan fingerprint density at radius 1 is 1.80 bits per heavy atom. The van der Waals surface area contributed by atoms with Crippen LogP contribution in [-0.4, -0.2) is 31.2 Å². The maximum atomic E-state index is 10.4. The molecule has 0 fully saturated rings. The molecule has 0 saturated heterocycles. The fourth-order valence-electron chi connectivity index (χ4n) is 0.322. The number of hydrogen-bond donors (Lipinski definition) is 1. The van der Waals surface area contributed by atoms with Gasteiger partial charge in [0.05, 0.1) is 7.11 Å². The zero-order chi connectivity index (χ0) is 7.98. The van der Waals surface area contributed by atoms with E-state index in [0.29, 0.717) is 6.54 Å². The fraction of sp³-hybridized carbons (Fsp3) is 0.600. The Labute approximate surface area is 58.9 Å². The Bertz CT molecular complexity index is 126. The molecule has 2 amide bonds. The van der Waals surface area contributed by atoms with Crippen LogP contribution in [0, 0.1) is 0 Å². The molecule has 0 aliphatic heterocycles. The molecule has 0 bridgehead atoms. The Balaban J connectivity index is 3.62. The Morgan fingerprint density at radius 3 is 2.70 bits per heavy atom. The minimum atomic E-state index is -0.676. The lowest BCUT2D eigenvalue weighted by Crippen LogP contribution is -2.40. The normalized spacial score (nSPS) is 8.20. The van der Waals surface area contributed by atoms with Gasteiger partial charge in [-0.3, -0.25) is 4.79 Å². The van der Waals surface area contributed by atoms with E-state index < -0.39 is 6.09 Å². The molecule has 1 radical (unpaired) electrons. The first kappa shape index (κ1) is 8.74. The first-order valence-corrected chi connectivity index (χ1v) is 2.74. The van der Waals surface area contributed by atoms with E-state index in [1.165, 1.54) is 13.5 Å². The monoisotopic (exact) mass is 145 g/mol. The summed E-state index contributed by atoms with van der Waals surface area (Å²) >= 11 is 0. The summed E-state index contributed by atoms with van der Waals surface area (Å²) in [4.78, 5) is 20.3. The molecule has 0 rings (SSSR count). The Kier molecular flexibility index (Phi) is 4.02. The molecule has 0 spiro atoms. The van der Waals surface area contributed by atoms with Gasteiger partial charge in [-0.15, -0.1) is 0 Å². The number of hydrogen-bond acceptors (Lipinski definition) is 3. The van der Waals surface area contributed by atoms with E-state index in [-0.39, 0.29) is 0 Å². The molecule has 0 aliphatic rings. The molecular formula is C5H9N2O3. The van der Waals surface area contributed by atoms with Crippen molar-refractivity contribution < 1.29 is 14.3 Å². The van der Waals surface area contributed by atoms with Gasteiger partial charge in [-0.1, -0.05) is 0 Å². The molecular weight excluding hydrogens is 136 g/mol. The van der Waals surface area contributed by atoms with E-state index in [9.17, 15) is 9.59 Å². The summed E-state index contributed by atoms with van der Waals surface area (Å²) in [6.07, 6.45) is 0.813. The molecule has 0 heterocycles. The number of hydrazine groups is 1. The summed E-state index contributed by atoms with van der Waals surface area (Å²) in [6.45, 7) is 2.05. The number of carbonyl (C=O) groups is 1. The van der Waals surface area contributed by atoms with Crippen LogP contribution in [0.3, 0.4) is 0 Å². The summed E-state index contributed by atoms with van der Waals surface area (Å²) in [7, 11) is 1.22. The van der Waals surface area contributed by atoms with E-state index >= 15 is 0 Å². The van der Waals surface area contributed by atoms with Crippen LogP contribution in [0.5, 0.6) is 0 Å². The van der Waals surface area contributed by atoms with Gasteiger partial charge in [0.1, 0.15) is 0 Å². The number of amides is 2. The van der Waals surface area contributed by atoms with Crippen molar-refractivity contribution in [2.45, 2.75) is 6.92 Å². The van der Waals surface area contributed by atoms with E-state index in [2.05, 4.69) is 10.2 Å². The lowest BCUT2D eigenvalue weighted by molar-refractivity contribution is 0.147. The molecule has 0 aromatic carbocycles. The third-order valence-electron chi connectivity index (χ3n) is 0.838. The van der Waals surface area contributed by atoms with Gasteiger partial charge in [0, 0.05) is 6.54 Å². The number of methoxy groups -OCH3 is 1. The average molecular weight is 145 g/mol. The number of nitrogens with zero attached hydrogens (tertiary/aromatic N) is 1. The topological polar surface area (TPSA) is 58.6 Å². The smallest absolute Gasteiger partial charge is 0.425 e. The van der Waals surface area contributed by atoms with Crippen LogP contribution in [0.2, 0.25) is 0 Å². The number of rotatable bonds is 3. The van der Waals surface area contributed by atoms with Crippen molar-refractivity contribution in [2.75, 3.05) is 13.7 Å². The van der Waals surface area contributed by atoms with Crippen molar-refractivity contribution in [3.05, 3.63) is 0 Å². The summed E-state index contributed by atoms with van der Waals surface area (Å²) in [5.74, 6) is 0. The van der Waals surface area contributed by atoms with Crippen molar-refractivity contribution in [3.63, 3.8) is 0 Å². The van der Waals surface area contributed by atoms with Crippen molar-refractivity contribution in [2.24, 2.45) is 0 Å². The van der Waals surface area contributed by atoms with Crippen molar-refractivity contribution >= 4 is 12.5 Å². The standard InChI is InChI=1S/C5H9N2O3/c1-3-7(4-8)6-5(9)10-2/h3H2,1-2H3,(H,6,9). The van der Waals surface area contributed by atoms with Crippen LogP contribution in [0.25, 0.3) is 0 Å². The van der Waals surface area contributed by atoms with Crippen LogP contribution in [-0.2, 0) is 9.53 Å². The molecule has 5 nitrogen and oxygen atoms in total. The average Bonchev–Trinajstić information content (AvgIpc) is 1.99. The lowest BCUT2D eigenvalue weighted by atomic mass is 10.7. The summed E-state index contributed by atoms with van der Waals surface area (Å²) in [5, 5.41) is 0.950. The number of nitrogens with one attached hydrogen (secondary N) is 1. The summed E-state index contributed by atoms with van der Waals surface area (Å²) < 4.78 is 4.21. The molecule has 1 N–H and O–H groups in total. The Hall–Kier alpha value is -1.26. The lowest BCUT2D eigenvalue weighted by Gasteiger charge is -2.12. The van der Waals surface area contributed by atoms with Crippen LogP contribution in [0.4, 0.5) is 4.79 Å². The van der Waals surface area contributed by atoms with Crippen molar-refractivity contribution in [3.8, 4) is 0 Å². The molecule has 5 heteroatoms. The molecule has 0 unspecified atom stereocenters. The van der Waals surface area contributed by atoms with Crippen molar-refractivity contribution in [1.29, 1.82) is 0 Å². The fourth-order valence-corrected chi connectivity index (χ4v) is 0.322. The van der Waals surface area contributed by atoms with Gasteiger partial charge >= 0.3 is 12.5 Å². The summed E-state index contributed by atoms with van der Waals surface area (Å²) in [5.41, 5.74) is 2.11. The highest BCUT2D eigenvalue weighted by Crippen LogP contribution is 1.76. The molecule has 57 valence electrons. The second-order valence-corrected chi connectivity index (χ2v) is 1.44. The largest absolute Gasteiger partial charge is 0.452 e. The molecule has 0 aromatic heterocycles. The second-order valence-electron chi connectivity index (χ2n) is 1.44. The SMILES string of the molecule is CCN([C]=O)NC(=O)OC. The van der Waals surface area contributed by atoms with Gasteiger partial charge < -0.3 is 4.74 Å². The maximum Gasteiger partial charge on any atom is 0.425 e. The highest BCUT2D eigenvalue weighted by atomic mass is 16.5. The van der Waals surface area contributed by atoms with Gasteiger partial charge in [-0.25, -0.2) is 15.2 Å². The van der Waals surface area contributed by atoms with Gasteiger partial charge in [-0.2, -0.15) is 0 Å². The maximum absolute atomic E-state index is 10.4. The number of carbonyl (C=O) groups excluding carboxylic acids is 2. The molecule has 0 aromatic rings. The molecule has 0 saturated carbocycles. The zero-order valence-electron chi connectivity index (χ0n) is 5.88. The van der Waals surface area contributed by atoms with Gasteiger partial charge in [0.15, 0.2) is 0 Å². The van der Waals surface area contributed by atoms with Crippen LogP contribution in [0.15, 0.2) is 0 Å². The first-order valence-electron chi connectivity index (χ1n) is 2.74. The second kappa shape index (κ2) is 4.60. The Morgan fingerprint density at radius 2 is 2.40 bits per heavy atom. The van der Waals surface area contributed by atoms with Crippen LogP contribution >= 0.6 is 0 Å². The van der Waals surface area contributed by atoms with E-state index in [0.717, 1.165) is 5.01 Å². The van der Waals surface area contributed by atoms with E-state index in [4.69, 9.17) is 0 Å². The van der Waals surface area contributed by atoms with Crippen LogP contribution in [0.1, 0.15) is 6.92 Å². The third kappa shape index (κ3) is 2.91. The van der Waals surface area contributed by atoms with E-state index in [1.807, 2.05) is 0 Å². The predicted molar refractivity (Wildman–Crippen MR) is 33.6 cm³/mol. The minimum absolute atomic E-state index is 0.360.